The minimum Gasteiger partial charge on any atom is -0.481 e. The van der Waals surface area contributed by atoms with Gasteiger partial charge >= 0.3 is 30.0 Å². The molecule has 5 rings (SSSR count). The number of aliphatic carboxylic acids is 1. The summed E-state index contributed by atoms with van der Waals surface area (Å²) in [6.07, 6.45) is -10.9. The fourth-order valence-corrected chi connectivity index (χ4v) is 10.4. The molecule has 2 heterocycles. The number of fused-ring (bicyclic) bond motifs is 3. The first kappa shape index (κ1) is 36.8. The number of nitrogens with zero attached hydrogens (tertiary/aromatic N) is 2. The number of carboxylic acid groups (broad SMARTS) is 1. The predicted molar refractivity (Wildman–Crippen MR) is 160 cm³/mol. The molecule has 2 aliphatic heterocycles. The molecular formula is C33H36F8N2O5S. The number of likely N-dealkylation sites (tertiary alicyclic amines) is 2. The van der Waals surface area contributed by atoms with Gasteiger partial charge in [0.25, 0.3) is 0 Å². The van der Waals surface area contributed by atoms with Crippen LogP contribution in [0.15, 0.2) is 47.4 Å². The number of amides is 2. The SMILES string of the molecule is CCCC[C@]1(C)CN(C(=O)N2CC3CCc4cc(C(F)(C(F)(F)F)C(F)(F)F)ccc4C3(S(=O)(=O)c3ccc(F)cc3)C2)CCC1C(=O)O. The number of hydrogen-bond acceptors (Lipinski definition) is 4. The van der Waals surface area contributed by atoms with Crippen LogP contribution >= 0.6 is 0 Å². The molecule has 49 heavy (non-hydrogen) atoms. The van der Waals surface area contributed by atoms with Crippen LogP contribution in [-0.4, -0.2) is 73.9 Å². The van der Waals surface area contributed by atoms with Gasteiger partial charge in [0.15, 0.2) is 9.84 Å². The number of carbonyl (C=O) groups excluding carboxylic acids is 1. The molecule has 2 aromatic carbocycles. The van der Waals surface area contributed by atoms with Gasteiger partial charge in [0.1, 0.15) is 10.6 Å². The van der Waals surface area contributed by atoms with E-state index in [4.69, 9.17) is 0 Å². The maximum Gasteiger partial charge on any atom is 0.435 e. The number of benzene rings is 2. The molecule has 3 unspecified atom stereocenters. The van der Waals surface area contributed by atoms with Crippen molar-refractivity contribution in [2.24, 2.45) is 17.3 Å². The summed E-state index contributed by atoms with van der Waals surface area (Å²) in [5, 5.41) is 9.90. The lowest BCUT2D eigenvalue weighted by molar-refractivity contribution is -0.348. The van der Waals surface area contributed by atoms with Crippen molar-refractivity contribution in [3.63, 3.8) is 0 Å². The average Bonchev–Trinajstić information content (AvgIpc) is 3.44. The quantitative estimate of drug-likeness (QED) is 0.238. The van der Waals surface area contributed by atoms with E-state index in [0.29, 0.717) is 18.9 Å². The normalized spacial score (nSPS) is 26.3. The van der Waals surface area contributed by atoms with E-state index in [1.165, 1.54) is 9.80 Å². The largest absolute Gasteiger partial charge is 0.481 e. The summed E-state index contributed by atoms with van der Waals surface area (Å²) in [6.45, 7) is 3.15. The second kappa shape index (κ2) is 12.4. The Bertz CT molecular complexity index is 1700. The van der Waals surface area contributed by atoms with Crippen LogP contribution in [0.4, 0.5) is 39.9 Å². The fourth-order valence-electron chi connectivity index (χ4n) is 8.06. The number of piperidine rings is 1. The smallest absolute Gasteiger partial charge is 0.435 e. The van der Waals surface area contributed by atoms with Gasteiger partial charge in [-0.25, -0.2) is 22.0 Å². The van der Waals surface area contributed by atoms with E-state index >= 15 is 4.39 Å². The van der Waals surface area contributed by atoms with Crippen LogP contribution in [0.3, 0.4) is 0 Å². The van der Waals surface area contributed by atoms with Crippen molar-refractivity contribution in [1.29, 1.82) is 0 Å². The molecule has 0 saturated carbocycles. The van der Waals surface area contributed by atoms with E-state index in [9.17, 15) is 53.8 Å². The van der Waals surface area contributed by atoms with Crippen molar-refractivity contribution in [2.45, 2.75) is 80.0 Å². The van der Waals surface area contributed by atoms with Crippen molar-refractivity contribution < 1.29 is 58.2 Å². The molecule has 1 N–H and O–H groups in total. The minimum atomic E-state index is -6.38. The third-order valence-corrected chi connectivity index (χ3v) is 13.2. The van der Waals surface area contributed by atoms with E-state index in [1.807, 2.05) is 6.92 Å². The number of halogens is 8. The van der Waals surface area contributed by atoms with E-state index in [0.717, 1.165) is 36.8 Å². The third kappa shape index (κ3) is 5.84. The highest BCUT2D eigenvalue weighted by Gasteiger charge is 2.74. The molecule has 0 radical (unpaired) electrons. The van der Waals surface area contributed by atoms with Crippen molar-refractivity contribution >= 4 is 21.8 Å². The van der Waals surface area contributed by atoms with E-state index in [-0.39, 0.29) is 61.0 Å². The number of unbranched alkanes of at least 4 members (excludes halogenated alkanes) is 1. The lowest BCUT2D eigenvalue weighted by atomic mass is 9.69. The molecule has 7 nitrogen and oxygen atoms in total. The Labute approximate surface area is 278 Å². The third-order valence-electron chi connectivity index (χ3n) is 10.7. The summed E-state index contributed by atoms with van der Waals surface area (Å²) in [7, 11) is -4.64. The summed E-state index contributed by atoms with van der Waals surface area (Å²) in [4.78, 5) is 28.6. The number of aryl methyl sites for hydroxylation is 1. The molecule has 16 heteroatoms. The molecule has 2 aromatic rings. The molecule has 0 bridgehead atoms. The average molecular weight is 725 g/mol. The number of alkyl halides is 7. The van der Waals surface area contributed by atoms with Crippen molar-refractivity contribution in [3.8, 4) is 0 Å². The number of carbonyl (C=O) groups is 2. The van der Waals surface area contributed by atoms with Gasteiger partial charge in [-0.3, -0.25) is 4.79 Å². The van der Waals surface area contributed by atoms with Crippen LogP contribution in [0.5, 0.6) is 0 Å². The van der Waals surface area contributed by atoms with Gasteiger partial charge in [-0.1, -0.05) is 44.9 Å². The van der Waals surface area contributed by atoms with Gasteiger partial charge < -0.3 is 14.9 Å². The number of urea groups is 1. The van der Waals surface area contributed by atoms with Crippen LogP contribution in [0, 0.1) is 23.1 Å². The lowest BCUT2D eigenvalue weighted by Gasteiger charge is -2.45. The molecular weight excluding hydrogens is 688 g/mol. The Morgan fingerprint density at radius 1 is 0.939 bits per heavy atom. The van der Waals surface area contributed by atoms with Crippen LogP contribution in [-0.2, 0) is 31.5 Å². The zero-order valence-electron chi connectivity index (χ0n) is 26.7. The summed E-state index contributed by atoms with van der Waals surface area (Å²) in [6, 6.07) is 4.59. The molecule has 2 amide bonds. The first-order valence-electron chi connectivity index (χ1n) is 15.9. The van der Waals surface area contributed by atoms with Gasteiger partial charge in [-0.2, -0.15) is 26.3 Å². The van der Waals surface area contributed by atoms with Gasteiger partial charge in [0, 0.05) is 37.7 Å². The molecule has 0 aromatic heterocycles. The zero-order chi connectivity index (χ0) is 36.4. The van der Waals surface area contributed by atoms with Crippen molar-refractivity contribution in [2.75, 3.05) is 26.2 Å². The van der Waals surface area contributed by atoms with E-state index in [1.54, 1.807) is 6.92 Å². The van der Waals surface area contributed by atoms with Crippen molar-refractivity contribution in [1.82, 2.24) is 9.80 Å². The maximum absolute atomic E-state index is 15.1. The van der Waals surface area contributed by atoms with Crippen LogP contribution < -0.4 is 0 Å². The molecule has 3 aliphatic rings. The topological polar surface area (TPSA) is 95.0 Å². The first-order valence-corrected chi connectivity index (χ1v) is 17.4. The van der Waals surface area contributed by atoms with Crippen LogP contribution in [0.25, 0.3) is 0 Å². The Kier molecular flexibility index (Phi) is 9.33. The maximum atomic E-state index is 15.1. The second-order valence-corrected chi connectivity index (χ2v) is 15.8. The van der Waals surface area contributed by atoms with Crippen LogP contribution in [0.1, 0.15) is 62.6 Å². The Balaban J connectivity index is 1.60. The summed E-state index contributed by atoms with van der Waals surface area (Å²) >= 11 is 0. The summed E-state index contributed by atoms with van der Waals surface area (Å²) in [5.41, 5.74) is -8.70. The minimum absolute atomic E-state index is 0.0593. The van der Waals surface area contributed by atoms with E-state index < -0.39 is 79.8 Å². The molecule has 4 atom stereocenters. The van der Waals surface area contributed by atoms with Crippen LogP contribution in [0.2, 0.25) is 0 Å². The monoisotopic (exact) mass is 724 g/mol. The number of carboxylic acids is 1. The van der Waals surface area contributed by atoms with E-state index in [2.05, 4.69) is 0 Å². The molecule has 0 spiro atoms. The second-order valence-electron chi connectivity index (χ2n) is 13.6. The standard InChI is InChI=1S/C33H36F8N2O5S/c1-3-4-14-29(2)18-42(15-13-26(29)27(44)45)28(46)43-17-22-6-5-20-16-21(31(35,32(36,37)38)33(39,40)41)7-12-25(20)30(22,19-43)49(47,48)24-10-8-23(34)9-11-24/h7-12,16,22,26H,3-6,13-15,17-19H2,1-2H3,(H,44,45)/t22?,26?,29-,30?/m1/s1. The molecule has 270 valence electrons. The number of hydrogen-bond donors (Lipinski definition) is 1. The van der Waals surface area contributed by atoms with Gasteiger partial charge in [-0.05, 0) is 66.5 Å². The molecule has 2 saturated heterocycles. The molecule has 1 aliphatic carbocycles. The fraction of sp³-hybridized carbons (Fsp3) is 0.576. The van der Waals surface area contributed by atoms with Gasteiger partial charge in [-0.15, -0.1) is 0 Å². The number of rotatable bonds is 7. The highest BCUT2D eigenvalue weighted by Crippen LogP contribution is 2.57. The Morgan fingerprint density at radius 2 is 1.57 bits per heavy atom. The van der Waals surface area contributed by atoms with Gasteiger partial charge in [0.2, 0.25) is 0 Å². The lowest BCUT2D eigenvalue weighted by Crippen LogP contribution is -2.55. The first-order chi connectivity index (χ1) is 22.6. The highest BCUT2D eigenvalue weighted by molar-refractivity contribution is 7.92. The number of sulfone groups is 1. The van der Waals surface area contributed by atoms with Crippen molar-refractivity contribution in [3.05, 3.63) is 65.0 Å². The van der Waals surface area contributed by atoms with Gasteiger partial charge in [0.05, 0.1) is 10.8 Å². The predicted octanol–water partition coefficient (Wildman–Crippen LogP) is 7.39. The Morgan fingerprint density at radius 3 is 2.14 bits per heavy atom. The highest BCUT2D eigenvalue weighted by atomic mass is 32.2. The summed E-state index contributed by atoms with van der Waals surface area (Å²) in [5.74, 6) is -3.38. The molecule has 2 fully saturated rings. The summed E-state index contributed by atoms with van der Waals surface area (Å²) < 4.78 is 138. The zero-order valence-corrected chi connectivity index (χ0v) is 27.5. The Hall–Kier alpha value is -3.43.